The highest BCUT2D eigenvalue weighted by Gasteiger charge is 2.35. The first kappa shape index (κ1) is 17.7. The van der Waals surface area contributed by atoms with Crippen LogP contribution in [0.15, 0.2) is 40.9 Å². The lowest BCUT2D eigenvalue weighted by atomic mass is 10.1. The zero-order valence-electron chi connectivity index (χ0n) is 14.9. The van der Waals surface area contributed by atoms with Crippen LogP contribution in [0.2, 0.25) is 5.02 Å². The van der Waals surface area contributed by atoms with E-state index in [1.807, 2.05) is 32.0 Å². The van der Waals surface area contributed by atoms with Crippen LogP contribution in [0.3, 0.4) is 0 Å². The molecule has 3 aromatic rings. The summed E-state index contributed by atoms with van der Waals surface area (Å²) in [6, 6.07) is 10.2. The molecule has 0 N–H and O–H groups in total. The number of benzene rings is 2. The second-order valence-corrected chi connectivity index (χ2v) is 7.17. The van der Waals surface area contributed by atoms with Gasteiger partial charge in [0.15, 0.2) is 0 Å². The third kappa shape index (κ3) is 3.32. The summed E-state index contributed by atoms with van der Waals surface area (Å²) in [5.74, 6) is 0.0489. The molecule has 2 aromatic carbocycles. The van der Waals surface area contributed by atoms with Crippen molar-refractivity contribution >= 4 is 23.2 Å². The van der Waals surface area contributed by atoms with Gasteiger partial charge in [-0.3, -0.25) is 4.79 Å². The number of amides is 1. The molecule has 4 rings (SSSR count). The fourth-order valence-electron chi connectivity index (χ4n) is 3.17. The van der Waals surface area contributed by atoms with Gasteiger partial charge < -0.3 is 9.42 Å². The standard InChI is InChI=1S/C20H17ClFN3O2/c1-11-3-5-15(7-12(11)2)25-10-14(9-18(25)26)20-23-19(24-27-20)13-4-6-17(22)16(21)8-13/h3-8,14H,9-10H2,1-2H3. The van der Waals surface area contributed by atoms with Crippen LogP contribution in [0.1, 0.15) is 29.4 Å². The van der Waals surface area contributed by atoms with Crippen molar-refractivity contribution in [3.63, 3.8) is 0 Å². The van der Waals surface area contributed by atoms with Gasteiger partial charge in [0, 0.05) is 24.2 Å². The van der Waals surface area contributed by atoms with Crippen LogP contribution in [0.5, 0.6) is 0 Å². The van der Waals surface area contributed by atoms with Crippen LogP contribution in [0.25, 0.3) is 11.4 Å². The molecule has 7 heteroatoms. The van der Waals surface area contributed by atoms with E-state index in [-0.39, 0.29) is 16.8 Å². The Balaban J connectivity index is 1.56. The number of nitrogens with zero attached hydrogens (tertiary/aromatic N) is 3. The van der Waals surface area contributed by atoms with E-state index < -0.39 is 5.82 Å². The molecule has 0 spiro atoms. The van der Waals surface area contributed by atoms with Gasteiger partial charge in [-0.1, -0.05) is 22.8 Å². The van der Waals surface area contributed by atoms with Gasteiger partial charge >= 0.3 is 0 Å². The van der Waals surface area contributed by atoms with Gasteiger partial charge in [0.25, 0.3) is 0 Å². The molecule has 138 valence electrons. The Morgan fingerprint density at radius 2 is 2.00 bits per heavy atom. The fraction of sp³-hybridized carbons (Fsp3) is 0.250. The minimum absolute atomic E-state index is 0.00388. The molecule has 1 aliphatic heterocycles. The van der Waals surface area contributed by atoms with Gasteiger partial charge in [-0.2, -0.15) is 4.98 Å². The number of hydrogen-bond donors (Lipinski definition) is 0. The van der Waals surface area contributed by atoms with Gasteiger partial charge in [0.2, 0.25) is 17.6 Å². The maximum atomic E-state index is 13.3. The van der Waals surface area contributed by atoms with Crippen molar-refractivity contribution in [1.29, 1.82) is 0 Å². The van der Waals surface area contributed by atoms with Gasteiger partial charge in [-0.05, 0) is 55.3 Å². The molecule has 1 unspecified atom stereocenters. The molecule has 27 heavy (non-hydrogen) atoms. The highest BCUT2D eigenvalue weighted by molar-refractivity contribution is 6.31. The molecule has 1 atom stereocenters. The molecule has 1 aliphatic rings. The number of aromatic nitrogens is 2. The van der Waals surface area contributed by atoms with Gasteiger partial charge in [-0.15, -0.1) is 0 Å². The maximum absolute atomic E-state index is 13.3. The summed E-state index contributed by atoms with van der Waals surface area (Å²) in [6.45, 7) is 4.54. The fourth-order valence-corrected chi connectivity index (χ4v) is 3.35. The summed E-state index contributed by atoms with van der Waals surface area (Å²) in [4.78, 5) is 18.6. The predicted octanol–water partition coefficient (Wildman–Crippen LogP) is 4.67. The predicted molar refractivity (Wildman–Crippen MR) is 100 cm³/mol. The third-order valence-electron chi connectivity index (χ3n) is 4.90. The van der Waals surface area contributed by atoms with E-state index in [0.717, 1.165) is 11.3 Å². The topological polar surface area (TPSA) is 59.2 Å². The first-order valence-electron chi connectivity index (χ1n) is 8.59. The van der Waals surface area contributed by atoms with Gasteiger partial charge in [0.05, 0.1) is 10.9 Å². The maximum Gasteiger partial charge on any atom is 0.232 e. The SMILES string of the molecule is Cc1ccc(N2CC(c3nc(-c4ccc(F)c(Cl)c4)no3)CC2=O)cc1C. The Kier molecular flexibility index (Phi) is 4.44. The summed E-state index contributed by atoms with van der Waals surface area (Å²) in [5.41, 5.74) is 3.75. The zero-order valence-corrected chi connectivity index (χ0v) is 15.6. The molecule has 0 radical (unpaired) electrons. The molecule has 5 nitrogen and oxygen atoms in total. The van der Waals surface area contributed by atoms with E-state index in [2.05, 4.69) is 10.1 Å². The van der Waals surface area contributed by atoms with E-state index in [1.54, 1.807) is 4.90 Å². The largest absolute Gasteiger partial charge is 0.339 e. The number of aryl methyl sites for hydroxylation is 2. The number of hydrogen-bond acceptors (Lipinski definition) is 4. The van der Waals surface area contributed by atoms with E-state index in [0.29, 0.717) is 30.2 Å². The van der Waals surface area contributed by atoms with Gasteiger partial charge in [-0.25, -0.2) is 4.39 Å². The lowest BCUT2D eigenvalue weighted by Crippen LogP contribution is -2.24. The molecule has 1 aromatic heterocycles. The number of carbonyl (C=O) groups is 1. The molecular formula is C20H17ClFN3O2. The highest BCUT2D eigenvalue weighted by atomic mass is 35.5. The lowest BCUT2D eigenvalue weighted by molar-refractivity contribution is -0.117. The van der Waals surface area contributed by atoms with Crippen molar-refractivity contribution < 1.29 is 13.7 Å². The van der Waals surface area contributed by atoms with Crippen molar-refractivity contribution in [2.45, 2.75) is 26.2 Å². The average Bonchev–Trinajstić information content (AvgIpc) is 3.27. The molecule has 1 amide bonds. The summed E-state index contributed by atoms with van der Waals surface area (Å²) in [5, 5.41) is 3.95. The monoisotopic (exact) mass is 385 g/mol. The second kappa shape index (κ2) is 6.78. The van der Waals surface area contributed by atoms with Crippen LogP contribution in [-0.4, -0.2) is 22.6 Å². The van der Waals surface area contributed by atoms with Gasteiger partial charge in [0.1, 0.15) is 5.82 Å². The Morgan fingerprint density at radius 1 is 1.19 bits per heavy atom. The number of carbonyl (C=O) groups excluding carboxylic acids is 1. The smallest absolute Gasteiger partial charge is 0.232 e. The van der Waals surface area contributed by atoms with Crippen LogP contribution < -0.4 is 4.90 Å². The van der Waals surface area contributed by atoms with Crippen molar-refractivity contribution in [1.82, 2.24) is 10.1 Å². The normalized spacial score (nSPS) is 17.0. The van der Waals surface area contributed by atoms with E-state index >= 15 is 0 Å². The Labute approximate surface area is 160 Å². The number of anilines is 1. The molecule has 0 bridgehead atoms. The minimum Gasteiger partial charge on any atom is -0.339 e. The molecule has 2 heterocycles. The quantitative estimate of drug-likeness (QED) is 0.657. The second-order valence-electron chi connectivity index (χ2n) is 6.76. The van der Waals surface area contributed by atoms with Crippen LogP contribution in [0, 0.1) is 19.7 Å². The number of halogens is 2. The summed E-state index contributed by atoms with van der Waals surface area (Å²) in [6.07, 6.45) is 0.304. The third-order valence-corrected chi connectivity index (χ3v) is 5.19. The van der Waals surface area contributed by atoms with Crippen molar-refractivity contribution in [2.24, 2.45) is 0 Å². The van der Waals surface area contributed by atoms with E-state index in [4.69, 9.17) is 16.1 Å². The molecule has 1 fully saturated rings. The van der Waals surface area contributed by atoms with Crippen molar-refractivity contribution in [2.75, 3.05) is 11.4 Å². The lowest BCUT2D eigenvalue weighted by Gasteiger charge is -2.17. The molecule has 1 saturated heterocycles. The van der Waals surface area contributed by atoms with Crippen LogP contribution >= 0.6 is 11.6 Å². The molecule has 0 saturated carbocycles. The zero-order chi connectivity index (χ0) is 19.1. The van der Waals surface area contributed by atoms with Crippen LogP contribution in [0.4, 0.5) is 10.1 Å². The summed E-state index contributed by atoms with van der Waals surface area (Å²) >= 11 is 5.82. The van der Waals surface area contributed by atoms with E-state index in [1.165, 1.54) is 23.8 Å². The Bertz CT molecular complexity index is 1030. The molecular weight excluding hydrogens is 369 g/mol. The first-order valence-corrected chi connectivity index (χ1v) is 8.97. The van der Waals surface area contributed by atoms with Crippen LogP contribution in [-0.2, 0) is 4.79 Å². The van der Waals surface area contributed by atoms with Crippen molar-refractivity contribution in [3.05, 3.63) is 64.3 Å². The highest BCUT2D eigenvalue weighted by Crippen LogP contribution is 2.33. The first-order chi connectivity index (χ1) is 12.9. The summed E-state index contributed by atoms with van der Waals surface area (Å²) < 4.78 is 18.7. The van der Waals surface area contributed by atoms with Crippen molar-refractivity contribution in [3.8, 4) is 11.4 Å². The number of rotatable bonds is 3. The van der Waals surface area contributed by atoms with E-state index in [9.17, 15) is 9.18 Å². The molecule has 0 aliphatic carbocycles. The Morgan fingerprint density at radius 3 is 2.74 bits per heavy atom. The summed E-state index contributed by atoms with van der Waals surface area (Å²) in [7, 11) is 0. The Hall–Kier alpha value is -2.73. The minimum atomic E-state index is -0.505. The average molecular weight is 386 g/mol.